The summed E-state index contributed by atoms with van der Waals surface area (Å²) in [5, 5.41) is 13.3. The average Bonchev–Trinajstić information content (AvgIpc) is 3.28. The SMILES string of the molecule is CCC(CO)(CCCSc1ccc(F)cc1)NC1CC1. The second-order valence-electron chi connectivity index (χ2n) is 5.62. The summed E-state index contributed by atoms with van der Waals surface area (Å²) >= 11 is 1.75. The predicted molar refractivity (Wildman–Crippen MR) is 82.6 cm³/mol. The number of aliphatic hydroxyl groups excluding tert-OH is 1. The lowest BCUT2D eigenvalue weighted by Gasteiger charge is -2.32. The first-order valence-electron chi connectivity index (χ1n) is 7.44. The second kappa shape index (κ2) is 7.43. The van der Waals surface area contributed by atoms with Gasteiger partial charge in [-0.25, -0.2) is 4.39 Å². The molecule has 1 saturated carbocycles. The topological polar surface area (TPSA) is 32.3 Å². The van der Waals surface area contributed by atoms with E-state index in [1.54, 1.807) is 11.8 Å². The van der Waals surface area contributed by atoms with Crippen molar-refractivity contribution in [3.8, 4) is 0 Å². The molecule has 0 radical (unpaired) electrons. The first-order valence-corrected chi connectivity index (χ1v) is 8.43. The summed E-state index contributed by atoms with van der Waals surface area (Å²) in [4.78, 5) is 1.10. The van der Waals surface area contributed by atoms with Gasteiger partial charge in [0.2, 0.25) is 0 Å². The standard InChI is InChI=1S/C16H24FNOS/c1-2-16(12-19,18-14-6-7-14)10-3-11-20-15-8-4-13(17)5-9-15/h4-5,8-9,14,18-19H,2-3,6-7,10-12H2,1H3. The van der Waals surface area contributed by atoms with Gasteiger partial charge in [-0.2, -0.15) is 0 Å². The van der Waals surface area contributed by atoms with E-state index in [1.807, 2.05) is 12.1 Å². The molecule has 112 valence electrons. The Labute approximate surface area is 125 Å². The molecule has 2 N–H and O–H groups in total. The molecule has 1 atom stereocenters. The van der Waals surface area contributed by atoms with Crippen molar-refractivity contribution in [3.05, 3.63) is 30.1 Å². The van der Waals surface area contributed by atoms with Gasteiger partial charge in [0.15, 0.2) is 0 Å². The first-order chi connectivity index (χ1) is 9.67. The fourth-order valence-corrected chi connectivity index (χ4v) is 3.23. The number of halogens is 1. The van der Waals surface area contributed by atoms with Crippen LogP contribution in [0.3, 0.4) is 0 Å². The van der Waals surface area contributed by atoms with E-state index in [9.17, 15) is 9.50 Å². The molecule has 1 aliphatic carbocycles. The van der Waals surface area contributed by atoms with Crippen LogP contribution in [0.25, 0.3) is 0 Å². The Morgan fingerprint density at radius 2 is 2.05 bits per heavy atom. The monoisotopic (exact) mass is 297 g/mol. The number of hydrogen-bond acceptors (Lipinski definition) is 3. The van der Waals surface area contributed by atoms with Crippen molar-refractivity contribution >= 4 is 11.8 Å². The molecule has 0 spiro atoms. The lowest BCUT2D eigenvalue weighted by molar-refractivity contribution is 0.144. The summed E-state index contributed by atoms with van der Waals surface area (Å²) in [5.74, 6) is 0.813. The highest BCUT2D eigenvalue weighted by atomic mass is 32.2. The van der Waals surface area contributed by atoms with Crippen molar-refractivity contribution in [2.75, 3.05) is 12.4 Å². The first kappa shape index (κ1) is 15.8. The molecule has 2 rings (SSSR count). The minimum atomic E-state index is -0.187. The van der Waals surface area contributed by atoms with E-state index in [0.29, 0.717) is 6.04 Å². The Balaban J connectivity index is 1.73. The Bertz CT molecular complexity index is 401. The second-order valence-corrected chi connectivity index (χ2v) is 6.78. The molecular weight excluding hydrogens is 273 g/mol. The van der Waals surface area contributed by atoms with Crippen LogP contribution in [0, 0.1) is 5.82 Å². The molecule has 2 nitrogen and oxygen atoms in total. The molecule has 0 bridgehead atoms. The molecule has 20 heavy (non-hydrogen) atoms. The molecule has 1 unspecified atom stereocenters. The summed E-state index contributed by atoms with van der Waals surface area (Å²) in [6, 6.07) is 7.26. The quantitative estimate of drug-likeness (QED) is 0.539. The third kappa shape index (κ3) is 4.76. The minimum absolute atomic E-state index is 0.107. The molecule has 0 amide bonds. The van der Waals surface area contributed by atoms with Crippen LogP contribution < -0.4 is 5.32 Å². The number of benzene rings is 1. The molecule has 0 aliphatic heterocycles. The fraction of sp³-hybridized carbons (Fsp3) is 0.625. The Morgan fingerprint density at radius 1 is 1.35 bits per heavy atom. The van der Waals surface area contributed by atoms with Gasteiger partial charge in [-0.1, -0.05) is 6.92 Å². The highest BCUT2D eigenvalue weighted by Crippen LogP contribution is 2.28. The number of hydrogen-bond donors (Lipinski definition) is 2. The van der Waals surface area contributed by atoms with Gasteiger partial charge in [0, 0.05) is 16.5 Å². The van der Waals surface area contributed by atoms with Crippen LogP contribution in [-0.4, -0.2) is 29.0 Å². The average molecular weight is 297 g/mol. The molecule has 1 aromatic carbocycles. The Morgan fingerprint density at radius 3 is 2.60 bits per heavy atom. The van der Waals surface area contributed by atoms with Crippen LogP contribution in [0.5, 0.6) is 0 Å². The Hall–Kier alpha value is -0.580. The number of thioether (sulfide) groups is 1. The third-order valence-corrected chi connectivity index (χ3v) is 5.05. The van der Waals surface area contributed by atoms with Crippen molar-refractivity contribution < 1.29 is 9.50 Å². The Kier molecular flexibility index (Phi) is 5.87. The summed E-state index contributed by atoms with van der Waals surface area (Å²) < 4.78 is 12.8. The molecule has 0 heterocycles. The number of rotatable bonds is 9. The van der Waals surface area contributed by atoms with Crippen molar-refractivity contribution in [2.45, 2.75) is 55.5 Å². The third-order valence-electron chi connectivity index (χ3n) is 3.95. The summed E-state index contributed by atoms with van der Waals surface area (Å²) in [6.07, 6.45) is 5.49. The van der Waals surface area contributed by atoms with E-state index in [-0.39, 0.29) is 18.0 Å². The molecule has 0 saturated heterocycles. The van der Waals surface area contributed by atoms with Crippen molar-refractivity contribution in [1.29, 1.82) is 0 Å². The normalized spacial score (nSPS) is 17.9. The zero-order chi connectivity index (χ0) is 14.4. The maximum Gasteiger partial charge on any atom is 0.123 e. The largest absolute Gasteiger partial charge is 0.394 e. The summed E-state index contributed by atoms with van der Waals surface area (Å²) in [5.41, 5.74) is -0.107. The molecule has 1 aliphatic rings. The molecule has 1 fully saturated rings. The van der Waals surface area contributed by atoms with Crippen LogP contribution in [-0.2, 0) is 0 Å². The highest BCUT2D eigenvalue weighted by molar-refractivity contribution is 7.99. The zero-order valence-corrected chi connectivity index (χ0v) is 12.9. The van der Waals surface area contributed by atoms with E-state index in [2.05, 4.69) is 12.2 Å². The smallest absolute Gasteiger partial charge is 0.123 e. The van der Waals surface area contributed by atoms with Crippen LogP contribution in [0.15, 0.2) is 29.2 Å². The summed E-state index contributed by atoms with van der Waals surface area (Å²) in [7, 11) is 0. The maximum absolute atomic E-state index is 12.8. The summed E-state index contributed by atoms with van der Waals surface area (Å²) in [6.45, 7) is 2.35. The maximum atomic E-state index is 12.8. The molecule has 1 aromatic rings. The van der Waals surface area contributed by atoms with Gasteiger partial charge in [0.1, 0.15) is 5.82 Å². The van der Waals surface area contributed by atoms with Gasteiger partial charge in [0.25, 0.3) is 0 Å². The van der Waals surface area contributed by atoms with Crippen LogP contribution >= 0.6 is 11.8 Å². The number of aliphatic hydroxyl groups is 1. The lowest BCUT2D eigenvalue weighted by atomic mass is 9.91. The van der Waals surface area contributed by atoms with E-state index >= 15 is 0 Å². The lowest BCUT2D eigenvalue weighted by Crippen LogP contribution is -2.49. The highest BCUT2D eigenvalue weighted by Gasteiger charge is 2.33. The van der Waals surface area contributed by atoms with E-state index in [4.69, 9.17) is 0 Å². The van der Waals surface area contributed by atoms with Crippen molar-refractivity contribution in [1.82, 2.24) is 5.32 Å². The van der Waals surface area contributed by atoms with Crippen molar-refractivity contribution in [2.24, 2.45) is 0 Å². The van der Waals surface area contributed by atoms with Gasteiger partial charge in [-0.05, 0) is 62.1 Å². The van der Waals surface area contributed by atoms with Gasteiger partial charge < -0.3 is 10.4 Å². The van der Waals surface area contributed by atoms with Gasteiger partial charge in [-0.3, -0.25) is 0 Å². The molecule has 0 aromatic heterocycles. The minimum Gasteiger partial charge on any atom is -0.394 e. The molecular formula is C16H24FNOS. The zero-order valence-electron chi connectivity index (χ0n) is 12.1. The fourth-order valence-electron chi connectivity index (χ4n) is 2.38. The van der Waals surface area contributed by atoms with E-state index < -0.39 is 0 Å². The van der Waals surface area contributed by atoms with Crippen molar-refractivity contribution in [3.63, 3.8) is 0 Å². The van der Waals surface area contributed by atoms with Crippen LogP contribution in [0.1, 0.15) is 39.0 Å². The van der Waals surface area contributed by atoms with E-state index in [0.717, 1.165) is 29.9 Å². The van der Waals surface area contributed by atoms with Gasteiger partial charge >= 0.3 is 0 Å². The van der Waals surface area contributed by atoms with Gasteiger partial charge in [-0.15, -0.1) is 11.8 Å². The van der Waals surface area contributed by atoms with Crippen LogP contribution in [0.2, 0.25) is 0 Å². The van der Waals surface area contributed by atoms with E-state index in [1.165, 1.54) is 25.0 Å². The molecule has 4 heteroatoms. The van der Waals surface area contributed by atoms with Gasteiger partial charge in [0.05, 0.1) is 6.61 Å². The predicted octanol–water partition coefficient (Wildman–Crippen LogP) is 3.59. The van der Waals surface area contributed by atoms with Crippen LogP contribution in [0.4, 0.5) is 4.39 Å². The number of nitrogens with one attached hydrogen (secondary N) is 1.